The first-order chi connectivity index (χ1) is 7.29. The van der Waals surface area contributed by atoms with E-state index in [1.54, 1.807) is 19.9 Å². The molecule has 2 nitrogen and oxygen atoms in total. The van der Waals surface area contributed by atoms with Crippen LogP contribution in [0.2, 0.25) is 0 Å². The first-order valence-electron chi connectivity index (χ1n) is 4.83. The first-order valence-corrected chi connectivity index (χ1v) is 4.83. The summed E-state index contributed by atoms with van der Waals surface area (Å²) >= 11 is 0. The average molecular weight is 234 g/mol. The highest BCUT2D eigenvalue weighted by atomic mass is 19.4. The Labute approximate surface area is 91.7 Å². The lowest BCUT2D eigenvalue weighted by atomic mass is 9.96. The van der Waals surface area contributed by atoms with Crippen LogP contribution >= 0.6 is 0 Å². The van der Waals surface area contributed by atoms with Crippen LogP contribution in [0.25, 0.3) is 0 Å². The average Bonchev–Trinajstić information content (AvgIpc) is 2.14. The SMILES string of the molecule is CC(O)C(C)c1cccc(OC(F)(F)F)c1. The zero-order valence-electron chi connectivity index (χ0n) is 8.95. The predicted molar refractivity (Wildman–Crippen MR) is 53.2 cm³/mol. The van der Waals surface area contributed by atoms with Gasteiger partial charge in [0.05, 0.1) is 6.10 Å². The minimum absolute atomic E-state index is 0.239. The molecule has 0 saturated carbocycles. The van der Waals surface area contributed by atoms with E-state index in [1.807, 2.05) is 0 Å². The Morgan fingerprint density at radius 1 is 1.25 bits per heavy atom. The summed E-state index contributed by atoms with van der Waals surface area (Å²) in [5, 5.41) is 9.33. The Morgan fingerprint density at radius 2 is 1.88 bits per heavy atom. The highest BCUT2D eigenvalue weighted by Crippen LogP contribution is 2.27. The van der Waals surface area contributed by atoms with Crippen LogP contribution in [-0.4, -0.2) is 17.6 Å². The van der Waals surface area contributed by atoms with E-state index < -0.39 is 12.5 Å². The minimum Gasteiger partial charge on any atom is -0.406 e. The van der Waals surface area contributed by atoms with Crippen LogP contribution in [-0.2, 0) is 0 Å². The maximum Gasteiger partial charge on any atom is 0.573 e. The van der Waals surface area contributed by atoms with Gasteiger partial charge in [0.25, 0.3) is 0 Å². The Morgan fingerprint density at radius 3 is 2.38 bits per heavy atom. The number of ether oxygens (including phenoxy) is 1. The second-order valence-corrected chi connectivity index (χ2v) is 3.65. The van der Waals surface area contributed by atoms with Crippen molar-refractivity contribution in [2.45, 2.75) is 32.2 Å². The van der Waals surface area contributed by atoms with Crippen molar-refractivity contribution in [2.24, 2.45) is 0 Å². The van der Waals surface area contributed by atoms with E-state index in [9.17, 15) is 18.3 Å². The first kappa shape index (κ1) is 12.8. The highest BCUT2D eigenvalue weighted by Gasteiger charge is 2.31. The van der Waals surface area contributed by atoms with Gasteiger partial charge in [-0.15, -0.1) is 13.2 Å². The molecule has 0 amide bonds. The zero-order chi connectivity index (χ0) is 12.3. The smallest absolute Gasteiger partial charge is 0.406 e. The van der Waals surface area contributed by atoms with Crippen molar-refractivity contribution in [1.29, 1.82) is 0 Å². The summed E-state index contributed by atoms with van der Waals surface area (Å²) in [4.78, 5) is 0. The van der Waals surface area contributed by atoms with Gasteiger partial charge in [-0.25, -0.2) is 0 Å². The molecule has 1 rings (SSSR count). The van der Waals surface area contributed by atoms with Crippen LogP contribution < -0.4 is 4.74 Å². The molecule has 0 fully saturated rings. The van der Waals surface area contributed by atoms with Crippen LogP contribution in [0.15, 0.2) is 24.3 Å². The second kappa shape index (κ2) is 4.74. The van der Waals surface area contributed by atoms with Gasteiger partial charge in [0.2, 0.25) is 0 Å². The van der Waals surface area contributed by atoms with Gasteiger partial charge in [0.15, 0.2) is 0 Å². The van der Waals surface area contributed by atoms with Crippen molar-refractivity contribution >= 4 is 0 Å². The molecule has 0 aromatic heterocycles. The minimum atomic E-state index is -4.69. The van der Waals surface area contributed by atoms with E-state index in [1.165, 1.54) is 18.2 Å². The normalized spacial score (nSPS) is 15.6. The molecule has 0 aliphatic rings. The number of benzene rings is 1. The topological polar surface area (TPSA) is 29.5 Å². The van der Waals surface area contributed by atoms with E-state index in [-0.39, 0.29) is 11.7 Å². The van der Waals surface area contributed by atoms with Crippen LogP contribution in [0, 0.1) is 0 Å². The number of halogens is 3. The molecule has 0 radical (unpaired) electrons. The van der Waals surface area contributed by atoms with Gasteiger partial charge >= 0.3 is 6.36 Å². The Kier molecular flexibility index (Phi) is 3.80. The fourth-order valence-corrected chi connectivity index (χ4v) is 1.27. The summed E-state index contributed by atoms with van der Waals surface area (Å²) in [7, 11) is 0. The summed E-state index contributed by atoms with van der Waals surface area (Å²) in [5.74, 6) is -0.505. The summed E-state index contributed by atoms with van der Waals surface area (Å²) in [6.45, 7) is 3.32. The van der Waals surface area contributed by atoms with Crippen LogP contribution in [0.5, 0.6) is 5.75 Å². The van der Waals surface area contributed by atoms with E-state index in [0.717, 1.165) is 0 Å². The number of hydrogen-bond acceptors (Lipinski definition) is 2. The molecule has 5 heteroatoms. The lowest BCUT2D eigenvalue weighted by Gasteiger charge is -2.16. The van der Waals surface area contributed by atoms with Crippen LogP contribution in [0.4, 0.5) is 13.2 Å². The molecule has 1 aromatic rings. The standard InChI is InChI=1S/C11H13F3O2/c1-7(8(2)15)9-4-3-5-10(6-9)16-11(12,13)14/h3-8,15H,1-2H3. The highest BCUT2D eigenvalue weighted by molar-refractivity contribution is 5.31. The number of hydrogen-bond donors (Lipinski definition) is 1. The lowest BCUT2D eigenvalue weighted by Crippen LogP contribution is -2.17. The van der Waals surface area contributed by atoms with Gasteiger partial charge in [-0.1, -0.05) is 19.1 Å². The molecule has 90 valence electrons. The predicted octanol–water partition coefficient (Wildman–Crippen LogP) is 3.07. The molecular weight excluding hydrogens is 221 g/mol. The molecule has 2 atom stereocenters. The number of aliphatic hydroxyl groups is 1. The van der Waals surface area contributed by atoms with E-state index in [0.29, 0.717) is 5.56 Å². The number of rotatable bonds is 3. The van der Waals surface area contributed by atoms with Crippen molar-refractivity contribution in [2.75, 3.05) is 0 Å². The number of aliphatic hydroxyl groups excluding tert-OH is 1. The zero-order valence-corrected chi connectivity index (χ0v) is 8.95. The lowest BCUT2D eigenvalue weighted by molar-refractivity contribution is -0.274. The Bertz CT molecular complexity index is 347. The van der Waals surface area contributed by atoms with Gasteiger partial charge in [0.1, 0.15) is 5.75 Å². The molecule has 2 unspecified atom stereocenters. The van der Waals surface area contributed by atoms with E-state index >= 15 is 0 Å². The maximum absolute atomic E-state index is 12.0. The Hall–Kier alpha value is -1.23. The molecule has 0 aliphatic carbocycles. The molecule has 0 bridgehead atoms. The summed E-state index contributed by atoms with van der Waals surface area (Å²) in [6, 6.07) is 5.63. The van der Waals surface area contributed by atoms with Crippen molar-refractivity contribution in [3.8, 4) is 5.75 Å². The van der Waals surface area contributed by atoms with Crippen molar-refractivity contribution in [3.05, 3.63) is 29.8 Å². The third kappa shape index (κ3) is 3.73. The molecule has 0 spiro atoms. The molecule has 1 N–H and O–H groups in total. The van der Waals surface area contributed by atoms with E-state index in [2.05, 4.69) is 4.74 Å². The third-order valence-electron chi connectivity index (χ3n) is 2.34. The maximum atomic E-state index is 12.0. The molecule has 0 saturated heterocycles. The van der Waals surface area contributed by atoms with Gasteiger partial charge in [0, 0.05) is 5.92 Å². The molecule has 1 aromatic carbocycles. The summed E-state index contributed by atoms with van der Waals surface area (Å²) in [6.07, 6.45) is -5.31. The third-order valence-corrected chi connectivity index (χ3v) is 2.34. The largest absolute Gasteiger partial charge is 0.573 e. The molecule has 16 heavy (non-hydrogen) atoms. The fraction of sp³-hybridized carbons (Fsp3) is 0.455. The van der Waals surface area contributed by atoms with Crippen LogP contribution in [0.1, 0.15) is 25.3 Å². The van der Waals surface area contributed by atoms with Gasteiger partial charge in [-0.05, 0) is 24.6 Å². The van der Waals surface area contributed by atoms with Crippen LogP contribution in [0.3, 0.4) is 0 Å². The molecular formula is C11H13F3O2. The van der Waals surface area contributed by atoms with Gasteiger partial charge in [-0.2, -0.15) is 0 Å². The monoisotopic (exact) mass is 234 g/mol. The fourth-order valence-electron chi connectivity index (χ4n) is 1.27. The second-order valence-electron chi connectivity index (χ2n) is 3.65. The van der Waals surface area contributed by atoms with Gasteiger partial charge in [-0.3, -0.25) is 0 Å². The van der Waals surface area contributed by atoms with Crippen molar-refractivity contribution < 1.29 is 23.0 Å². The Balaban J connectivity index is 2.87. The van der Waals surface area contributed by atoms with E-state index in [4.69, 9.17) is 0 Å². The van der Waals surface area contributed by atoms with Crippen molar-refractivity contribution in [3.63, 3.8) is 0 Å². The molecule has 0 heterocycles. The van der Waals surface area contributed by atoms with Gasteiger partial charge < -0.3 is 9.84 Å². The summed E-state index contributed by atoms with van der Waals surface area (Å²) < 4.78 is 39.7. The quantitative estimate of drug-likeness (QED) is 0.870. The van der Waals surface area contributed by atoms with Crippen molar-refractivity contribution in [1.82, 2.24) is 0 Å². The number of alkyl halides is 3. The summed E-state index contributed by atoms with van der Waals surface area (Å²) in [5.41, 5.74) is 0.608. The molecule has 0 aliphatic heterocycles.